The van der Waals surface area contributed by atoms with Crippen LogP contribution in [0.2, 0.25) is 0 Å². The number of hydrogen-bond acceptors (Lipinski definition) is 6. The average molecular weight is 367 g/mol. The minimum absolute atomic E-state index is 0.0820. The van der Waals surface area contributed by atoms with Crippen LogP contribution in [-0.2, 0) is 4.79 Å². The molecule has 124 valence electrons. The normalized spacial score (nSPS) is 10.9. The van der Waals surface area contributed by atoms with Crippen molar-refractivity contribution in [1.29, 1.82) is 0 Å². The van der Waals surface area contributed by atoms with Gasteiger partial charge in [-0.15, -0.1) is 11.3 Å². The molecule has 0 saturated carbocycles. The first-order chi connectivity index (χ1) is 12.3. The van der Waals surface area contributed by atoms with Crippen LogP contribution in [-0.4, -0.2) is 31.2 Å². The van der Waals surface area contributed by atoms with Crippen molar-refractivity contribution in [1.82, 2.24) is 19.5 Å². The molecule has 1 N–H and O–H groups in total. The van der Waals surface area contributed by atoms with Crippen LogP contribution in [0.4, 0.5) is 5.69 Å². The van der Waals surface area contributed by atoms with Gasteiger partial charge in [-0.3, -0.25) is 9.36 Å². The number of imidazole rings is 1. The maximum Gasteiger partial charge on any atom is 0.234 e. The van der Waals surface area contributed by atoms with Gasteiger partial charge in [0.05, 0.1) is 27.9 Å². The molecule has 3 heterocycles. The molecule has 0 fully saturated rings. The molecule has 6 nitrogen and oxygen atoms in total. The van der Waals surface area contributed by atoms with E-state index in [1.165, 1.54) is 11.8 Å². The molecule has 4 aromatic rings. The third-order valence-corrected chi connectivity index (χ3v) is 5.58. The van der Waals surface area contributed by atoms with Gasteiger partial charge in [0.2, 0.25) is 5.91 Å². The summed E-state index contributed by atoms with van der Waals surface area (Å²) >= 11 is 3.03. The third kappa shape index (κ3) is 3.70. The molecule has 1 amide bonds. The second-order valence-electron chi connectivity index (χ2n) is 5.16. The fourth-order valence-electron chi connectivity index (χ4n) is 2.24. The van der Waals surface area contributed by atoms with Crippen LogP contribution in [0.3, 0.4) is 0 Å². The predicted octanol–water partition coefficient (Wildman–Crippen LogP) is 3.61. The van der Waals surface area contributed by atoms with Crippen molar-refractivity contribution < 1.29 is 4.79 Å². The van der Waals surface area contributed by atoms with Gasteiger partial charge >= 0.3 is 0 Å². The molecule has 0 aliphatic carbocycles. The Labute approximate surface area is 152 Å². The van der Waals surface area contributed by atoms with E-state index in [1.807, 2.05) is 42.6 Å². The Kier molecular flexibility index (Phi) is 4.45. The summed E-state index contributed by atoms with van der Waals surface area (Å²) in [5, 5.41) is 2.85. The number of carbonyl (C=O) groups excluding carboxylic acids is 1. The number of thiazole rings is 1. The highest BCUT2D eigenvalue weighted by Crippen LogP contribution is 2.29. The zero-order valence-corrected chi connectivity index (χ0v) is 14.6. The minimum atomic E-state index is -0.0820. The van der Waals surface area contributed by atoms with E-state index in [0.29, 0.717) is 11.4 Å². The number of fused-ring (bicyclic) bond motifs is 1. The summed E-state index contributed by atoms with van der Waals surface area (Å²) in [6, 6.07) is 11.6. The van der Waals surface area contributed by atoms with E-state index >= 15 is 0 Å². The first kappa shape index (κ1) is 15.8. The van der Waals surface area contributed by atoms with Gasteiger partial charge < -0.3 is 5.32 Å². The van der Waals surface area contributed by atoms with Gasteiger partial charge in [-0.05, 0) is 24.3 Å². The second kappa shape index (κ2) is 7.04. The lowest BCUT2D eigenvalue weighted by molar-refractivity contribution is -0.113. The van der Waals surface area contributed by atoms with E-state index in [1.54, 1.807) is 34.6 Å². The van der Waals surface area contributed by atoms with Crippen LogP contribution in [0, 0.1) is 0 Å². The number of rotatable bonds is 5. The predicted molar refractivity (Wildman–Crippen MR) is 100 cm³/mol. The molecule has 0 saturated heterocycles. The molecule has 0 spiro atoms. The third-order valence-electron chi connectivity index (χ3n) is 3.40. The molecule has 25 heavy (non-hydrogen) atoms. The molecule has 1 aromatic carbocycles. The first-order valence-electron chi connectivity index (χ1n) is 7.50. The summed E-state index contributed by atoms with van der Waals surface area (Å²) in [5.41, 5.74) is 1.63. The maximum atomic E-state index is 12.1. The van der Waals surface area contributed by atoms with E-state index in [4.69, 9.17) is 0 Å². The Hall–Kier alpha value is -2.71. The lowest BCUT2D eigenvalue weighted by Crippen LogP contribution is -2.14. The fourth-order valence-corrected chi connectivity index (χ4v) is 4.11. The minimum Gasteiger partial charge on any atom is -0.324 e. The van der Waals surface area contributed by atoms with Gasteiger partial charge in [0.1, 0.15) is 12.1 Å². The van der Waals surface area contributed by atoms with Gasteiger partial charge in [-0.1, -0.05) is 23.9 Å². The van der Waals surface area contributed by atoms with Crippen molar-refractivity contribution in [3.63, 3.8) is 0 Å². The van der Waals surface area contributed by atoms with Crippen LogP contribution in [0.15, 0.2) is 65.7 Å². The summed E-state index contributed by atoms with van der Waals surface area (Å²) < 4.78 is 3.82. The fraction of sp³-hybridized carbons (Fsp3) is 0.0588. The zero-order chi connectivity index (χ0) is 17.1. The van der Waals surface area contributed by atoms with Crippen molar-refractivity contribution in [2.75, 3.05) is 11.1 Å². The smallest absolute Gasteiger partial charge is 0.234 e. The van der Waals surface area contributed by atoms with Crippen LogP contribution >= 0.6 is 23.1 Å². The van der Waals surface area contributed by atoms with Gasteiger partial charge in [0.15, 0.2) is 4.34 Å². The van der Waals surface area contributed by atoms with Crippen LogP contribution < -0.4 is 5.32 Å². The maximum absolute atomic E-state index is 12.1. The number of nitrogens with one attached hydrogen (secondary N) is 1. The lowest BCUT2D eigenvalue weighted by atomic mass is 10.3. The number of aromatic nitrogens is 4. The lowest BCUT2D eigenvalue weighted by Gasteiger charge is -2.05. The van der Waals surface area contributed by atoms with Gasteiger partial charge in [0, 0.05) is 12.4 Å². The van der Waals surface area contributed by atoms with Crippen molar-refractivity contribution in [2.45, 2.75) is 4.34 Å². The molecule has 4 rings (SSSR count). The number of para-hydroxylation sites is 1. The molecule has 3 aromatic heterocycles. The molecule has 0 aliphatic heterocycles. The number of thioether (sulfide) groups is 1. The molecular formula is C17H13N5OS2. The van der Waals surface area contributed by atoms with Crippen molar-refractivity contribution in [3.05, 3.63) is 61.3 Å². The number of carbonyl (C=O) groups is 1. The largest absolute Gasteiger partial charge is 0.324 e. The van der Waals surface area contributed by atoms with E-state index in [0.717, 1.165) is 20.4 Å². The number of anilines is 1. The highest BCUT2D eigenvalue weighted by molar-refractivity contribution is 8.01. The Morgan fingerprint density at radius 3 is 2.92 bits per heavy atom. The van der Waals surface area contributed by atoms with Crippen LogP contribution in [0.1, 0.15) is 0 Å². The molecule has 0 atom stereocenters. The molecule has 8 heteroatoms. The number of benzene rings is 1. The van der Waals surface area contributed by atoms with Crippen LogP contribution in [0.25, 0.3) is 16.0 Å². The molecule has 0 bridgehead atoms. The monoisotopic (exact) mass is 367 g/mol. The van der Waals surface area contributed by atoms with Crippen molar-refractivity contribution >= 4 is 44.9 Å². The number of nitrogens with zero attached hydrogens (tertiary/aromatic N) is 4. The zero-order valence-electron chi connectivity index (χ0n) is 13.0. The summed E-state index contributed by atoms with van der Waals surface area (Å²) in [5.74, 6) is 0.976. The Morgan fingerprint density at radius 2 is 2.16 bits per heavy atom. The summed E-state index contributed by atoms with van der Waals surface area (Å²) in [6.07, 6.45) is 6.82. The molecule has 0 aliphatic rings. The Bertz CT molecular complexity index is 963. The summed E-state index contributed by atoms with van der Waals surface area (Å²) in [7, 11) is 0. The second-order valence-corrected chi connectivity index (χ2v) is 7.41. The number of amides is 1. The number of pyridine rings is 1. The summed E-state index contributed by atoms with van der Waals surface area (Å²) in [4.78, 5) is 24.9. The topological polar surface area (TPSA) is 72.7 Å². The van der Waals surface area contributed by atoms with Gasteiger partial charge in [0.25, 0.3) is 0 Å². The first-order valence-corrected chi connectivity index (χ1v) is 9.31. The average Bonchev–Trinajstić information content (AvgIpc) is 3.30. The van der Waals surface area contributed by atoms with Gasteiger partial charge in [-0.2, -0.15) is 0 Å². The van der Waals surface area contributed by atoms with Crippen molar-refractivity contribution in [2.24, 2.45) is 0 Å². The van der Waals surface area contributed by atoms with E-state index in [9.17, 15) is 4.79 Å². The summed E-state index contributed by atoms with van der Waals surface area (Å²) in [6.45, 7) is 0. The molecule has 0 radical (unpaired) electrons. The van der Waals surface area contributed by atoms with Crippen molar-refractivity contribution in [3.8, 4) is 5.82 Å². The quantitative estimate of drug-likeness (QED) is 0.546. The van der Waals surface area contributed by atoms with E-state index in [-0.39, 0.29) is 5.91 Å². The Balaban J connectivity index is 1.35. The number of hydrogen-bond donors (Lipinski definition) is 1. The van der Waals surface area contributed by atoms with Gasteiger partial charge in [-0.25, -0.2) is 15.0 Å². The highest BCUT2D eigenvalue weighted by Gasteiger charge is 2.08. The van der Waals surface area contributed by atoms with Crippen LogP contribution in [0.5, 0.6) is 0 Å². The molecule has 0 unspecified atom stereocenters. The Morgan fingerprint density at radius 1 is 1.24 bits per heavy atom. The standard InChI is InChI=1S/C17H13N5OS2/c23-16(10-24-17-21-13-3-1-2-4-14(13)25-17)20-12-5-6-15(19-9-12)22-8-7-18-11-22/h1-9,11H,10H2,(H,20,23). The SMILES string of the molecule is O=C(CSc1nc2ccccc2s1)Nc1ccc(-n2ccnc2)nc1. The van der Waals surface area contributed by atoms with E-state index in [2.05, 4.69) is 20.3 Å². The van der Waals surface area contributed by atoms with E-state index < -0.39 is 0 Å². The highest BCUT2D eigenvalue weighted by atomic mass is 32.2. The molecular weight excluding hydrogens is 354 g/mol.